The molecule has 1 saturated heterocycles. The molecule has 2 heterocycles. The molecule has 15 heavy (non-hydrogen) atoms. The lowest BCUT2D eigenvalue weighted by atomic mass is 10.2. The largest absolute Gasteiger partial charge is 0.356 e. The van der Waals surface area contributed by atoms with Gasteiger partial charge in [-0.2, -0.15) is 0 Å². The molecular formula is C10H15BrClN3. The summed E-state index contributed by atoms with van der Waals surface area (Å²) in [6.45, 7) is 2.24. The van der Waals surface area contributed by atoms with Gasteiger partial charge in [0.15, 0.2) is 0 Å². The fraction of sp³-hybridized carbons (Fsp3) is 0.600. The highest BCUT2D eigenvalue weighted by Crippen LogP contribution is 2.24. The lowest BCUT2D eigenvalue weighted by molar-refractivity contribution is 0.726. The van der Waals surface area contributed by atoms with Crippen LogP contribution in [-0.4, -0.2) is 23.1 Å². The van der Waals surface area contributed by atoms with Crippen LogP contribution < -0.4 is 4.90 Å². The lowest BCUT2D eigenvalue weighted by Gasteiger charge is -2.21. The summed E-state index contributed by atoms with van der Waals surface area (Å²) in [5, 5.41) is 0. The summed E-state index contributed by atoms with van der Waals surface area (Å²) in [6, 6.07) is 0. The fourth-order valence-electron chi connectivity index (χ4n) is 1.82. The molecule has 5 heteroatoms. The monoisotopic (exact) mass is 291 g/mol. The molecule has 0 N–H and O–H groups in total. The normalized spacial score (nSPS) is 16.7. The van der Waals surface area contributed by atoms with Gasteiger partial charge in [0.1, 0.15) is 12.1 Å². The topological polar surface area (TPSA) is 29.0 Å². The van der Waals surface area contributed by atoms with Gasteiger partial charge >= 0.3 is 0 Å². The highest BCUT2D eigenvalue weighted by atomic mass is 79.9. The highest BCUT2D eigenvalue weighted by Gasteiger charge is 2.13. The minimum Gasteiger partial charge on any atom is -0.356 e. The summed E-state index contributed by atoms with van der Waals surface area (Å²) >= 11 is 3.49. The van der Waals surface area contributed by atoms with E-state index in [0.29, 0.717) is 0 Å². The van der Waals surface area contributed by atoms with Crippen LogP contribution >= 0.6 is 28.3 Å². The maximum absolute atomic E-state index is 4.31. The Kier molecular flexibility index (Phi) is 5.32. The minimum atomic E-state index is 0. The molecule has 0 bridgehead atoms. The Morgan fingerprint density at radius 1 is 1.13 bits per heavy atom. The van der Waals surface area contributed by atoms with Crippen molar-refractivity contribution in [1.29, 1.82) is 0 Å². The van der Waals surface area contributed by atoms with Crippen LogP contribution in [0.3, 0.4) is 0 Å². The Morgan fingerprint density at radius 2 is 1.80 bits per heavy atom. The smallest absolute Gasteiger partial charge is 0.146 e. The first kappa shape index (κ1) is 12.7. The van der Waals surface area contributed by atoms with E-state index in [1.807, 2.05) is 6.20 Å². The second-order valence-electron chi connectivity index (χ2n) is 3.60. The molecule has 1 aromatic rings. The van der Waals surface area contributed by atoms with Crippen LogP contribution in [0.4, 0.5) is 5.82 Å². The first-order chi connectivity index (χ1) is 6.88. The minimum absolute atomic E-state index is 0. The van der Waals surface area contributed by atoms with Gasteiger partial charge in [-0.3, -0.25) is 0 Å². The van der Waals surface area contributed by atoms with Gasteiger partial charge < -0.3 is 4.90 Å². The highest BCUT2D eigenvalue weighted by molar-refractivity contribution is 9.10. The van der Waals surface area contributed by atoms with E-state index in [4.69, 9.17) is 0 Å². The summed E-state index contributed by atoms with van der Waals surface area (Å²) in [5.74, 6) is 1.04. The molecule has 0 radical (unpaired) electrons. The number of rotatable bonds is 1. The van der Waals surface area contributed by atoms with Gasteiger partial charge in [-0.05, 0) is 28.8 Å². The Balaban J connectivity index is 0.00000112. The van der Waals surface area contributed by atoms with E-state index in [0.717, 1.165) is 23.4 Å². The first-order valence-electron chi connectivity index (χ1n) is 5.08. The molecule has 1 aromatic heterocycles. The van der Waals surface area contributed by atoms with Crippen molar-refractivity contribution in [3.8, 4) is 0 Å². The van der Waals surface area contributed by atoms with Crippen molar-refractivity contribution in [2.75, 3.05) is 18.0 Å². The zero-order chi connectivity index (χ0) is 9.80. The molecular weight excluding hydrogens is 277 g/mol. The van der Waals surface area contributed by atoms with Crippen LogP contribution in [0.15, 0.2) is 17.0 Å². The molecule has 1 fully saturated rings. The SMILES string of the molecule is Brc1cncnc1N1CCCCCC1.Cl. The van der Waals surface area contributed by atoms with Crippen molar-refractivity contribution in [3.05, 3.63) is 17.0 Å². The van der Waals surface area contributed by atoms with Gasteiger partial charge in [0, 0.05) is 19.3 Å². The number of hydrogen-bond acceptors (Lipinski definition) is 3. The molecule has 1 aliphatic rings. The first-order valence-corrected chi connectivity index (χ1v) is 5.87. The van der Waals surface area contributed by atoms with Crippen LogP contribution in [-0.2, 0) is 0 Å². The molecule has 2 rings (SSSR count). The average molecular weight is 293 g/mol. The van der Waals surface area contributed by atoms with Crippen molar-refractivity contribution in [1.82, 2.24) is 9.97 Å². The third-order valence-corrected chi connectivity index (χ3v) is 3.11. The predicted octanol–water partition coefficient (Wildman–Crippen LogP) is 3.04. The molecule has 0 amide bonds. The number of anilines is 1. The third-order valence-electron chi connectivity index (χ3n) is 2.55. The molecule has 0 spiro atoms. The number of aromatic nitrogens is 2. The molecule has 0 saturated carbocycles. The Labute approximate surface area is 105 Å². The predicted molar refractivity (Wildman–Crippen MR) is 67.7 cm³/mol. The van der Waals surface area contributed by atoms with Gasteiger partial charge in [0.25, 0.3) is 0 Å². The number of nitrogens with zero attached hydrogens (tertiary/aromatic N) is 3. The average Bonchev–Trinajstić information content (AvgIpc) is 2.47. The Morgan fingerprint density at radius 3 is 2.40 bits per heavy atom. The van der Waals surface area contributed by atoms with Crippen LogP contribution in [0.25, 0.3) is 0 Å². The standard InChI is InChI=1S/C10H14BrN3.ClH/c11-9-7-12-8-13-10(9)14-5-3-1-2-4-6-14;/h7-8H,1-6H2;1H. The van der Waals surface area contributed by atoms with Gasteiger partial charge in [-0.25, -0.2) is 9.97 Å². The van der Waals surface area contributed by atoms with Gasteiger partial charge in [-0.15, -0.1) is 12.4 Å². The molecule has 1 aliphatic heterocycles. The van der Waals surface area contributed by atoms with Gasteiger partial charge in [0.05, 0.1) is 4.47 Å². The maximum atomic E-state index is 4.31. The van der Waals surface area contributed by atoms with Gasteiger partial charge in [-0.1, -0.05) is 12.8 Å². The third kappa shape index (κ3) is 3.31. The molecule has 3 nitrogen and oxygen atoms in total. The van der Waals surface area contributed by atoms with Crippen LogP contribution in [0, 0.1) is 0 Å². The second-order valence-corrected chi connectivity index (χ2v) is 4.45. The van der Waals surface area contributed by atoms with E-state index >= 15 is 0 Å². The summed E-state index contributed by atoms with van der Waals surface area (Å²) in [7, 11) is 0. The molecule has 0 atom stereocenters. The quantitative estimate of drug-likeness (QED) is 0.796. The van der Waals surface area contributed by atoms with Crippen molar-refractivity contribution >= 4 is 34.2 Å². The zero-order valence-electron chi connectivity index (χ0n) is 8.53. The Bertz CT molecular complexity index is 300. The summed E-state index contributed by atoms with van der Waals surface area (Å²) < 4.78 is 1.00. The van der Waals surface area contributed by atoms with Crippen LogP contribution in [0.2, 0.25) is 0 Å². The molecule has 0 aliphatic carbocycles. The number of hydrogen-bond donors (Lipinski definition) is 0. The van der Waals surface area contributed by atoms with E-state index in [1.54, 1.807) is 6.33 Å². The van der Waals surface area contributed by atoms with Crippen LogP contribution in [0.1, 0.15) is 25.7 Å². The van der Waals surface area contributed by atoms with Crippen molar-refractivity contribution in [2.24, 2.45) is 0 Å². The lowest BCUT2D eigenvalue weighted by Crippen LogP contribution is -2.25. The number of halogens is 2. The van der Waals surface area contributed by atoms with Crippen molar-refractivity contribution in [2.45, 2.75) is 25.7 Å². The zero-order valence-corrected chi connectivity index (χ0v) is 10.9. The van der Waals surface area contributed by atoms with Crippen molar-refractivity contribution in [3.63, 3.8) is 0 Å². The Hall–Kier alpha value is -0.350. The summed E-state index contributed by atoms with van der Waals surface area (Å²) in [4.78, 5) is 10.6. The van der Waals surface area contributed by atoms with E-state index < -0.39 is 0 Å². The molecule has 84 valence electrons. The van der Waals surface area contributed by atoms with E-state index in [-0.39, 0.29) is 12.4 Å². The maximum Gasteiger partial charge on any atom is 0.146 e. The van der Waals surface area contributed by atoms with E-state index in [2.05, 4.69) is 30.8 Å². The summed E-state index contributed by atoms with van der Waals surface area (Å²) in [5.41, 5.74) is 0. The van der Waals surface area contributed by atoms with E-state index in [9.17, 15) is 0 Å². The summed E-state index contributed by atoms with van der Waals surface area (Å²) in [6.07, 6.45) is 8.67. The second kappa shape index (κ2) is 6.28. The van der Waals surface area contributed by atoms with Gasteiger partial charge in [0.2, 0.25) is 0 Å². The molecule has 0 unspecified atom stereocenters. The van der Waals surface area contributed by atoms with Crippen LogP contribution in [0.5, 0.6) is 0 Å². The molecule has 0 aromatic carbocycles. The van der Waals surface area contributed by atoms with E-state index in [1.165, 1.54) is 25.7 Å². The van der Waals surface area contributed by atoms with Crippen molar-refractivity contribution < 1.29 is 0 Å². The fourth-order valence-corrected chi connectivity index (χ4v) is 2.29.